The third-order valence-corrected chi connectivity index (χ3v) is 1.80. The normalized spacial score (nSPS) is 12.1. The Morgan fingerprint density at radius 2 is 1.75 bits per heavy atom. The first-order valence-electron chi connectivity index (χ1n) is 5.22. The topological polar surface area (TPSA) is 27.7 Å². The van der Waals surface area contributed by atoms with Gasteiger partial charge in [-0.05, 0) is 26.0 Å². The van der Waals surface area contributed by atoms with Gasteiger partial charge in [-0.2, -0.15) is 0 Å². The van der Waals surface area contributed by atoms with Crippen molar-refractivity contribution in [1.82, 2.24) is 0 Å². The Morgan fingerprint density at radius 1 is 1.12 bits per heavy atom. The molecule has 0 radical (unpaired) electrons. The summed E-state index contributed by atoms with van der Waals surface area (Å²) in [6.45, 7) is 5.38. The fourth-order valence-electron chi connectivity index (χ4n) is 0.880. The van der Waals surface area contributed by atoms with E-state index in [2.05, 4.69) is 5.92 Å². The van der Waals surface area contributed by atoms with Crippen LogP contribution in [0.2, 0.25) is 0 Å². The van der Waals surface area contributed by atoms with E-state index in [1.54, 1.807) is 7.11 Å². The van der Waals surface area contributed by atoms with Crippen molar-refractivity contribution in [3.8, 4) is 12.3 Å². The van der Waals surface area contributed by atoms with Gasteiger partial charge >= 0.3 is 0 Å². The summed E-state index contributed by atoms with van der Waals surface area (Å²) in [5, 5.41) is 0. The standard InChI is InChI=1S/C13H20O3/c1-5-6-9-15-13(3)8-11-16-12(2)7-10-14-4/h1,7-8H,6,9-11H2,2-4H3/b12-7+,13-8+. The minimum Gasteiger partial charge on any atom is -0.497 e. The number of hydrogen-bond donors (Lipinski definition) is 0. The lowest BCUT2D eigenvalue weighted by Gasteiger charge is -2.06. The van der Waals surface area contributed by atoms with Crippen LogP contribution >= 0.6 is 0 Å². The zero-order chi connectivity index (χ0) is 12.2. The molecule has 0 aliphatic carbocycles. The maximum atomic E-state index is 5.41. The van der Waals surface area contributed by atoms with Crippen LogP contribution < -0.4 is 0 Å². The molecule has 0 heterocycles. The summed E-state index contributed by atoms with van der Waals surface area (Å²) >= 11 is 0. The van der Waals surface area contributed by atoms with Gasteiger partial charge < -0.3 is 14.2 Å². The van der Waals surface area contributed by atoms with Gasteiger partial charge in [-0.25, -0.2) is 0 Å². The summed E-state index contributed by atoms with van der Waals surface area (Å²) in [5.74, 6) is 4.18. The first-order chi connectivity index (χ1) is 7.70. The molecular formula is C13H20O3. The summed E-state index contributed by atoms with van der Waals surface area (Å²) in [6.07, 6.45) is 9.48. The summed E-state index contributed by atoms with van der Waals surface area (Å²) in [7, 11) is 1.65. The molecule has 3 nitrogen and oxygen atoms in total. The molecule has 16 heavy (non-hydrogen) atoms. The third-order valence-electron chi connectivity index (χ3n) is 1.80. The van der Waals surface area contributed by atoms with E-state index < -0.39 is 0 Å². The maximum Gasteiger partial charge on any atom is 0.109 e. The summed E-state index contributed by atoms with van der Waals surface area (Å²) in [4.78, 5) is 0. The second-order valence-electron chi connectivity index (χ2n) is 3.20. The van der Waals surface area contributed by atoms with Crippen LogP contribution in [0.3, 0.4) is 0 Å². The Morgan fingerprint density at radius 3 is 2.38 bits per heavy atom. The van der Waals surface area contributed by atoms with Crippen molar-refractivity contribution in [3.63, 3.8) is 0 Å². The zero-order valence-corrected chi connectivity index (χ0v) is 10.3. The van der Waals surface area contributed by atoms with Gasteiger partial charge in [0.1, 0.15) is 6.61 Å². The second-order valence-corrected chi connectivity index (χ2v) is 3.20. The van der Waals surface area contributed by atoms with Crippen molar-refractivity contribution < 1.29 is 14.2 Å². The molecule has 0 aromatic carbocycles. The summed E-state index contributed by atoms with van der Waals surface area (Å²) < 4.78 is 15.6. The molecule has 0 saturated carbocycles. The highest BCUT2D eigenvalue weighted by Gasteiger charge is 1.91. The van der Waals surface area contributed by atoms with Crippen LogP contribution in [-0.2, 0) is 14.2 Å². The molecule has 0 aliphatic heterocycles. The Bertz CT molecular complexity index is 271. The summed E-state index contributed by atoms with van der Waals surface area (Å²) in [5.41, 5.74) is 0. The van der Waals surface area contributed by atoms with E-state index in [0.717, 1.165) is 11.5 Å². The van der Waals surface area contributed by atoms with E-state index in [-0.39, 0.29) is 0 Å². The van der Waals surface area contributed by atoms with Crippen LogP contribution in [0.4, 0.5) is 0 Å². The quantitative estimate of drug-likeness (QED) is 0.360. The highest BCUT2D eigenvalue weighted by Crippen LogP contribution is 2.00. The van der Waals surface area contributed by atoms with Gasteiger partial charge in [0.15, 0.2) is 0 Å². The van der Waals surface area contributed by atoms with Crippen molar-refractivity contribution in [3.05, 3.63) is 23.7 Å². The maximum absolute atomic E-state index is 5.41. The molecule has 90 valence electrons. The molecule has 3 heteroatoms. The molecule has 0 N–H and O–H groups in total. The van der Waals surface area contributed by atoms with Crippen LogP contribution in [0.1, 0.15) is 20.3 Å². The van der Waals surface area contributed by atoms with Crippen molar-refractivity contribution in [1.29, 1.82) is 0 Å². The molecule has 0 bridgehead atoms. The van der Waals surface area contributed by atoms with Crippen LogP contribution in [0, 0.1) is 12.3 Å². The first kappa shape index (κ1) is 14.6. The smallest absolute Gasteiger partial charge is 0.109 e. The second kappa shape index (κ2) is 10.1. The van der Waals surface area contributed by atoms with Crippen LogP contribution in [0.15, 0.2) is 23.7 Å². The lowest BCUT2D eigenvalue weighted by atomic mass is 10.4. The minimum atomic E-state index is 0.494. The predicted octanol–water partition coefficient (Wildman–Crippen LogP) is 2.50. The van der Waals surface area contributed by atoms with Crippen LogP contribution in [-0.4, -0.2) is 26.9 Å². The van der Waals surface area contributed by atoms with Crippen molar-refractivity contribution in [2.45, 2.75) is 20.3 Å². The molecule has 0 amide bonds. The van der Waals surface area contributed by atoms with E-state index in [9.17, 15) is 0 Å². The van der Waals surface area contributed by atoms with E-state index in [4.69, 9.17) is 20.6 Å². The minimum absolute atomic E-state index is 0.494. The molecule has 0 rings (SSSR count). The van der Waals surface area contributed by atoms with Gasteiger partial charge in [-0.1, -0.05) is 0 Å². The zero-order valence-electron chi connectivity index (χ0n) is 10.3. The van der Waals surface area contributed by atoms with Gasteiger partial charge in [-0.3, -0.25) is 0 Å². The number of ether oxygens (including phenoxy) is 3. The Balaban J connectivity index is 3.69. The lowest BCUT2D eigenvalue weighted by Crippen LogP contribution is -1.95. The number of allylic oxidation sites excluding steroid dienone is 2. The summed E-state index contributed by atoms with van der Waals surface area (Å²) in [6, 6.07) is 0. The highest BCUT2D eigenvalue weighted by molar-refractivity contribution is 4.93. The first-order valence-corrected chi connectivity index (χ1v) is 5.22. The monoisotopic (exact) mass is 224 g/mol. The van der Waals surface area contributed by atoms with Gasteiger partial charge in [0.25, 0.3) is 0 Å². The number of terminal acetylenes is 1. The Hall–Kier alpha value is -1.40. The molecule has 0 spiro atoms. The Labute approximate surface area is 98.1 Å². The average Bonchev–Trinajstić information content (AvgIpc) is 2.26. The number of methoxy groups -OCH3 is 1. The SMILES string of the molecule is C#CCCO/C(C)=C/CO/C(C)=C/COC. The van der Waals surface area contributed by atoms with Crippen molar-refractivity contribution >= 4 is 0 Å². The average molecular weight is 224 g/mol. The van der Waals surface area contributed by atoms with E-state index in [0.29, 0.717) is 26.2 Å². The molecule has 0 unspecified atom stereocenters. The molecule has 0 aliphatic rings. The molecule has 0 aromatic heterocycles. The van der Waals surface area contributed by atoms with E-state index in [1.165, 1.54) is 0 Å². The third kappa shape index (κ3) is 9.17. The van der Waals surface area contributed by atoms with Gasteiger partial charge in [0.2, 0.25) is 0 Å². The fraction of sp³-hybridized carbons (Fsp3) is 0.538. The predicted molar refractivity (Wildman–Crippen MR) is 64.7 cm³/mol. The highest BCUT2D eigenvalue weighted by atomic mass is 16.5. The Kier molecular flexibility index (Phi) is 9.24. The van der Waals surface area contributed by atoms with Crippen molar-refractivity contribution in [2.24, 2.45) is 0 Å². The van der Waals surface area contributed by atoms with Gasteiger partial charge in [0, 0.05) is 13.5 Å². The van der Waals surface area contributed by atoms with Gasteiger partial charge in [-0.15, -0.1) is 12.3 Å². The lowest BCUT2D eigenvalue weighted by molar-refractivity contribution is 0.201. The van der Waals surface area contributed by atoms with Crippen LogP contribution in [0.25, 0.3) is 0 Å². The number of hydrogen-bond acceptors (Lipinski definition) is 3. The van der Waals surface area contributed by atoms with Crippen LogP contribution in [0.5, 0.6) is 0 Å². The van der Waals surface area contributed by atoms with E-state index in [1.807, 2.05) is 26.0 Å². The van der Waals surface area contributed by atoms with E-state index >= 15 is 0 Å². The molecule has 0 atom stereocenters. The molecule has 0 aromatic rings. The fourth-order valence-corrected chi connectivity index (χ4v) is 0.880. The largest absolute Gasteiger partial charge is 0.497 e. The number of rotatable bonds is 8. The molecular weight excluding hydrogens is 204 g/mol. The molecule has 0 fully saturated rings. The van der Waals surface area contributed by atoms with Crippen molar-refractivity contribution in [2.75, 3.05) is 26.9 Å². The van der Waals surface area contributed by atoms with Gasteiger partial charge in [0.05, 0.1) is 24.7 Å². The molecule has 0 saturated heterocycles.